The lowest BCUT2D eigenvalue weighted by molar-refractivity contribution is -0.139. The van der Waals surface area contributed by atoms with Crippen LogP contribution >= 0.6 is 0 Å². The smallest absolute Gasteiger partial charge is 0.317 e. The zero-order chi connectivity index (χ0) is 10.6. The first-order chi connectivity index (χ1) is 6.59. The van der Waals surface area contributed by atoms with E-state index < -0.39 is 5.97 Å². The first kappa shape index (κ1) is 11.5. The van der Waals surface area contributed by atoms with E-state index in [1.165, 1.54) is 6.42 Å². The molecule has 4 heteroatoms. The largest absolute Gasteiger partial charge is 0.480 e. The van der Waals surface area contributed by atoms with Gasteiger partial charge in [0.25, 0.3) is 0 Å². The summed E-state index contributed by atoms with van der Waals surface area (Å²) in [4.78, 5) is 14.9. The maximum Gasteiger partial charge on any atom is 0.317 e. The van der Waals surface area contributed by atoms with Gasteiger partial charge in [-0.1, -0.05) is 6.42 Å². The molecule has 0 aromatic heterocycles. The van der Waals surface area contributed by atoms with Gasteiger partial charge >= 0.3 is 5.97 Å². The fraction of sp³-hybridized carbons (Fsp3) is 0.900. The van der Waals surface area contributed by atoms with Crippen LogP contribution in [0.4, 0.5) is 0 Å². The lowest BCUT2D eigenvalue weighted by atomic mass is 10.0. The number of carboxylic acids is 1. The van der Waals surface area contributed by atoms with Crippen LogP contribution in [0.15, 0.2) is 0 Å². The van der Waals surface area contributed by atoms with Crippen molar-refractivity contribution in [3.05, 3.63) is 0 Å². The van der Waals surface area contributed by atoms with E-state index >= 15 is 0 Å². The molecule has 0 spiro atoms. The molecule has 0 aromatic rings. The second-order valence-electron chi connectivity index (χ2n) is 4.28. The van der Waals surface area contributed by atoms with Crippen molar-refractivity contribution in [3.8, 4) is 0 Å². The number of nitrogens with zero attached hydrogens (tertiary/aromatic N) is 2. The molecule has 4 nitrogen and oxygen atoms in total. The van der Waals surface area contributed by atoms with Crippen molar-refractivity contribution in [3.63, 3.8) is 0 Å². The Bertz CT molecular complexity index is 195. The molecule has 1 aliphatic rings. The molecule has 1 heterocycles. The van der Waals surface area contributed by atoms with Crippen molar-refractivity contribution in [2.24, 2.45) is 0 Å². The van der Waals surface area contributed by atoms with Crippen LogP contribution in [0.5, 0.6) is 0 Å². The van der Waals surface area contributed by atoms with Crippen LogP contribution in [-0.4, -0.2) is 60.6 Å². The number of piperidine rings is 1. The van der Waals surface area contributed by atoms with Gasteiger partial charge in [0.15, 0.2) is 0 Å². The number of hydrogen-bond donors (Lipinski definition) is 1. The van der Waals surface area contributed by atoms with Gasteiger partial charge in [-0.3, -0.25) is 9.69 Å². The standard InChI is InChI=1S/C10H20N2O2/c1-11(2)7-9-5-3-4-6-12(9)8-10(13)14/h9H,3-8H2,1-2H3,(H,13,14). The molecule has 14 heavy (non-hydrogen) atoms. The van der Waals surface area contributed by atoms with Gasteiger partial charge in [-0.15, -0.1) is 0 Å². The van der Waals surface area contributed by atoms with Crippen LogP contribution < -0.4 is 0 Å². The molecule has 0 amide bonds. The van der Waals surface area contributed by atoms with Crippen LogP contribution in [0.25, 0.3) is 0 Å². The SMILES string of the molecule is CN(C)CC1CCCCN1CC(=O)O. The highest BCUT2D eigenvalue weighted by Gasteiger charge is 2.24. The summed E-state index contributed by atoms with van der Waals surface area (Å²) in [6.45, 7) is 2.09. The van der Waals surface area contributed by atoms with Crippen molar-refractivity contribution in [1.82, 2.24) is 9.80 Å². The lowest BCUT2D eigenvalue weighted by Crippen LogP contribution is -2.47. The molecule has 1 rings (SSSR count). The van der Waals surface area contributed by atoms with Crippen molar-refractivity contribution >= 4 is 5.97 Å². The van der Waals surface area contributed by atoms with Crippen LogP contribution in [-0.2, 0) is 4.79 Å². The summed E-state index contributed by atoms with van der Waals surface area (Å²) in [5, 5.41) is 8.76. The minimum absolute atomic E-state index is 0.193. The molecule has 82 valence electrons. The molecule has 1 atom stereocenters. The summed E-state index contributed by atoms with van der Waals surface area (Å²) in [6.07, 6.45) is 3.50. The van der Waals surface area contributed by atoms with E-state index in [4.69, 9.17) is 5.11 Å². The summed E-state index contributed by atoms with van der Waals surface area (Å²) in [5.74, 6) is -0.712. The molecule has 0 radical (unpaired) electrons. The van der Waals surface area contributed by atoms with E-state index in [2.05, 4.69) is 9.80 Å². The molecule has 1 unspecified atom stereocenters. The van der Waals surface area contributed by atoms with Gasteiger partial charge in [-0.05, 0) is 33.5 Å². The highest BCUT2D eigenvalue weighted by molar-refractivity contribution is 5.69. The minimum atomic E-state index is -0.712. The number of likely N-dealkylation sites (tertiary alicyclic amines) is 1. The highest BCUT2D eigenvalue weighted by Crippen LogP contribution is 2.16. The molecule has 1 saturated heterocycles. The Morgan fingerprint density at radius 2 is 2.21 bits per heavy atom. The van der Waals surface area contributed by atoms with Crippen LogP contribution in [0, 0.1) is 0 Å². The third-order valence-corrected chi connectivity index (χ3v) is 2.66. The molecule has 0 aliphatic carbocycles. The summed E-state index contributed by atoms with van der Waals surface area (Å²) < 4.78 is 0. The maximum atomic E-state index is 10.6. The Labute approximate surface area is 85.5 Å². The Hall–Kier alpha value is -0.610. The number of rotatable bonds is 4. The Morgan fingerprint density at radius 1 is 1.50 bits per heavy atom. The van der Waals surface area contributed by atoms with Crippen molar-refractivity contribution in [2.75, 3.05) is 33.7 Å². The third-order valence-electron chi connectivity index (χ3n) is 2.66. The zero-order valence-electron chi connectivity index (χ0n) is 9.07. The minimum Gasteiger partial charge on any atom is -0.480 e. The molecule has 0 saturated carbocycles. The van der Waals surface area contributed by atoms with Gasteiger partial charge in [-0.2, -0.15) is 0 Å². The second-order valence-corrected chi connectivity index (χ2v) is 4.28. The van der Waals surface area contributed by atoms with E-state index in [9.17, 15) is 4.79 Å². The van der Waals surface area contributed by atoms with Gasteiger partial charge in [0.05, 0.1) is 6.54 Å². The molecule has 1 fully saturated rings. The number of aliphatic carboxylic acids is 1. The lowest BCUT2D eigenvalue weighted by Gasteiger charge is -2.36. The van der Waals surface area contributed by atoms with Crippen molar-refractivity contribution < 1.29 is 9.90 Å². The van der Waals surface area contributed by atoms with E-state index in [0.717, 1.165) is 25.9 Å². The van der Waals surface area contributed by atoms with Gasteiger partial charge in [0.2, 0.25) is 0 Å². The summed E-state index contributed by atoms with van der Waals surface area (Å²) in [7, 11) is 4.07. The van der Waals surface area contributed by atoms with Gasteiger partial charge < -0.3 is 10.0 Å². The normalized spacial score (nSPS) is 24.1. The molecule has 1 aliphatic heterocycles. The van der Waals surface area contributed by atoms with Gasteiger partial charge in [0, 0.05) is 12.6 Å². The predicted octanol–water partition coefficient (Wildman–Crippen LogP) is 0.487. The van der Waals surface area contributed by atoms with E-state index in [0.29, 0.717) is 6.04 Å². The van der Waals surface area contributed by atoms with E-state index in [1.807, 2.05) is 14.1 Å². The predicted molar refractivity (Wildman–Crippen MR) is 55.4 cm³/mol. The zero-order valence-corrected chi connectivity index (χ0v) is 9.07. The Morgan fingerprint density at radius 3 is 2.79 bits per heavy atom. The van der Waals surface area contributed by atoms with Crippen molar-refractivity contribution in [2.45, 2.75) is 25.3 Å². The second kappa shape index (κ2) is 5.32. The molecule has 0 aromatic carbocycles. The average Bonchev–Trinajstić information content (AvgIpc) is 2.06. The first-order valence-electron chi connectivity index (χ1n) is 5.20. The summed E-state index contributed by atoms with van der Waals surface area (Å²) in [5.41, 5.74) is 0. The fourth-order valence-corrected chi connectivity index (χ4v) is 2.07. The monoisotopic (exact) mass is 200 g/mol. The highest BCUT2D eigenvalue weighted by atomic mass is 16.4. The summed E-state index contributed by atoms with van der Waals surface area (Å²) >= 11 is 0. The third kappa shape index (κ3) is 3.64. The number of likely N-dealkylation sites (N-methyl/N-ethyl adjacent to an activating group) is 1. The maximum absolute atomic E-state index is 10.6. The molecular weight excluding hydrogens is 180 g/mol. The van der Waals surface area contributed by atoms with Crippen LogP contribution in [0.1, 0.15) is 19.3 Å². The van der Waals surface area contributed by atoms with Gasteiger partial charge in [0.1, 0.15) is 0 Å². The molecule has 0 bridgehead atoms. The summed E-state index contributed by atoms with van der Waals surface area (Å²) in [6, 6.07) is 0.426. The Balaban J connectivity index is 2.45. The number of carboxylic acid groups (broad SMARTS) is 1. The Kier molecular flexibility index (Phi) is 4.35. The first-order valence-corrected chi connectivity index (χ1v) is 5.20. The van der Waals surface area contributed by atoms with E-state index in [1.54, 1.807) is 0 Å². The van der Waals surface area contributed by atoms with Gasteiger partial charge in [-0.25, -0.2) is 0 Å². The number of carbonyl (C=O) groups is 1. The van der Waals surface area contributed by atoms with Crippen molar-refractivity contribution in [1.29, 1.82) is 0 Å². The topological polar surface area (TPSA) is 43.8 Å². The van der Waals surface area contributed by atoms with E-state index in [-0.39, 0.29) is 6.54 Å². The number of hydrogen-bond acceptors (Lipinski definition) is 3. The van der Waals surface area contributed by atoms with Crippen LogP contribution in [0.3, 0.4) is 0 Å². The van der Waals surface area contributed by atoms with Crippen LogP contribution in [0.2, 0.25) is 0 Å². The fourth-order valence-electron chi connectivity index (χ4n) is 2.07. The quantitative estimate of drug-likeness (QED) is 0.717. The molecule has 1 N–H and O–H groups in total. The average molecular weight is 200 g/mol. The molecular formula is C10H20N2O2.